The molecular weight excluding hydrogens is 218 g/mol. The van der Waals surface area contributed by atoms with E-state index in [1.165, 1.54) is 90.1 Å². The van der Waals surface area contributed by atoms with Crippen molar-refractivity contribution in [3.63, 3.8) is 0 Å². The molecular formula is C17H37N. The maximum atomic E-state index is 2.53. The number of hydrogen-bond donors (Lipinski definition) is 0. The summed E-state index contributed by atoms with van der Waals surface area (Å²) < 4.78 is 0. The van der Waals surface area contributed by atoms with Crippen molar-refractivity contribution in [3.8, 4) is 0 Å². The van der Waals surface area contributed by atoms with Gasteiger partial charge in [0.15, 0.2) is 0 Å². The first-order valence-corrected chi connectivity index (χ1v) is 8.49. The van der Waals surface area contributed by atoms with E-state index in [2.05, 4.69) is 25.8 Å². The summed E-state index contributed by atoms with van der Waals surface area (Å²) in [5.74, 6) is 0. The Balaban J connectivity index is 3.10. The van der Waals surface area contributed by atoms with Gasteiger partial charge in [0.2, 0.25) is 0 Å². The third kappa shape index (κ3) is 14.0. The monoisotopic (exact) mass is 255 g/mol. The van der Waals surface area contributed by atoms with Crippen LogP contribution in [0.2, 0.25) is 0 Å². The molecule has 0 atom stereocenters. The van der Waals surface area contributed by atoms with Crippen molar-refractivity contribution in [2.24, 2.45) is 0 Å². The fourth-order valence-electron chi connectivity index (χ4n) is 2.44. The zero-order valence-corrected chi connectivity index (χ0v) is 13.3. The highest BCUT2D eigenvalue weighted by Crippen LogP contribution is 2.07. The van der Waals surface area contributed by atoms with E-state index in [0.29, 0.717) is 0 Å². The van der Waals surface area contributed by atoms with Crippen molar-refractivity contribution >= 4 is 0 Å². The average Bonchev–Trinajstić information content (AvgIpc) is 2.38. The van der Waals surface area contributed by atoms with Crippen LogP contribution in [0.15, 0.2) is 0 Å². The van der Waals surface area contributed by atoms with Crippen molar-refractivity contribution < 1.29 is 0 Å². The van der Waals surface area contributed by atoms with Gasteiger partial charge in [0.05, 0.1) is 0 Å². The standard InChI is InChI=1S/C17H37N/c1-4-6-8-10-12-14-16-18(3)17-15-13-11-9-7-5-2/h4-17H2,1-3H3. The van der Waals surface area contributed by atoms with Crippen LogP contribution in [0.1, 0.15) is 90.9 Å². The third-order valence-corrected chi connectivity index (χ3v) is 3.79. The van der Waals surface area contributed by atoms with E-state index in [4.69, 9.17) is 0 Å². The van der Waals surface area contributed by atoms with Gasteiger partial charge < -0.3 is 4.90 Å². The topological polar surface area (TPSA) is 3.24 Å². The molecule has 110 valence electrons. The fourth-order valence-corrected chi connectivity index (χ4v) is 2.44. The van der Waals surface area contributed by atoms with Crippen LogP contribution >= 0.6 is 0 Å². The first kappa shape index (κ1) is 18.0. The van der Waals surface area contributed by atoms with Gasteiger partial charge in [-0.05, 0) is 33.0 Å². The van der Waals surface area contributed by atoms with E-state index in [-0.39, 0.29) is 0 Å². The van der Waals surface area contributed by atoms with Gasteiger partial charge in [-0.3, -0.25) is 0 Å². The molecule has 0 fully saturated rings. The summed E-state index contributed by atoms with van der Waals surface area (Å²) in [5.41, 5.74) is 0. The Morgan fingerprint density at radius 1 is 0.500 bits per heavy atom. The van der Waals surface area contributed by atoms with Crippen LogP contribution in [0, 0.1) is 0 Å². The minimum atomic E-state index is 1.31. The number of hydrogen-bond acceptors (Lipinski definition) is 1. The van der Waals surface area contributed by atoms with Gasteiger partial charge in [-0.25, -0.2) is 0 Å². The Kier molecular flexibility index (Phi) is 15.0. The van der Waals surface area contributed by atoms with Crippen molar-refractivity contribution in [3.05, 3.63) is 0 Å². The van der Waals surface area contributed by atoms with Gasteiger partial charge in [-0.15, -0.1) is 0 Å². The van der Waals surface area contributed by atoms with Gasteiger partial charge in [0, 0.05) is 0 Å². The Morgan fingerprint density at radius 3 is 1.22 bits per heavy atom. The molecule has 0 unspecified atom stereocenters. The number of nitrogens with zero attached hydrogens (tertiary/aromatic N) is 1. The molecule has 1 nitrogen and oxygen atoms in total. The largest absolute Gasteiger partial charge is 0.306 e. The van der Waals surface area contributed by atoms with Gasteiger partial charge in [-0.2, -0.15) is 0 Å². The lowest BCUT2D eigenvalue weighted by molar-refractivity contribution is 0.314. The molecule has 0 amide bonds. The second-order valence-electron chi connectivity index (χ2n) is 5.84. The molecule has 0 aliphatic carbocycles. The normalized spacial score (nSPS) is 11.3. The minimum absolute atomic E-state index is 1.31. The molecule has 0 spiro atoms. The molecule has 18 heavy (non-hydrogen) atoms. The van der Waals surface area contributed by atoms with Gasteiger partial charge in [0.1, 0.15) is 0 Å². The Labute approximate surface area is 116 Å². The van der Waals surface area contributed by atoms with Crippen LogP contribution in [-0.4, -0.2) is 25.0 Å². The summed E-state index contributed by atoms with van der Waals surface area (Å²) in [6.45, 7) is 7.19. The molecule has 0 aliphatic rings. The highest BCUT2D eigenvalue weighted by Gasteiger charge is 1.98. The summed E-state index contributed by atoms with van der Waals surface area (Å²) in [5, 5.41) is 0. The molecule has 0 saturated heterocycles. The fraction of sp³-hybridized carbons (Fsp3) is 1.00. The smallest absolute Gasteiger partial charge is 0.00218 e. The molecule has 0 saturated carbocycles. The quantitative estimate of drug-likeness (QED) is 0.363. The molecule has 0 rings (SSSR count). The highest BCUT2D eigenvalue weighted by atomic mass is 15.1. The molecule has 0 bridgehead atoms. The molecule has 0 radical (unpaired) electrons. The van der Waals surface area contributed by atoms with Crippen molar-refractivity contribution in [1.29, 1.82) is 0 Å². The molecule has 0 aromatic heterocycles. The second kappa shape index (κ2) is 15.0. The average molecular weight is 255 g/mol. The molecule has 1 heteroatoms. The lowest BCUT2D eigenvalue weighted by Crippen LogP contribution is -2.20. The van der Waals surface area contributed by atoms with E-state index in [9.17, 15) is 0 Å². The zero-order valence-electron chi connectivity index (χ0n) is 13.3. The Bertz CT molecular complexity index is 129. The maximum Gasteiger partial charge on any atom is -0.00218 e. The SMILES string of the molecule is CCCCCCCCN(C)CCCCCCCC. The Morgan fingerprint density at radius 2 is 0.833 bits per heavy atom. The Hall–Kier alpha value is -0.0400. The number of unbranched alkanes of at least 4 members (excludes halogenated alkanes) is 10. The zero-order chi connectivity index (χ0) is 13.5. The summed E-state index contributed by atoms with van der Waals surface area (Å²) in [4.78, 5) is 2.53. The van der Waals surface area contributed by atoms with Gasteiger partial charge in [0.25, 0.3) is 0 Å². The van der Waals surface area contributed by atoms with E-state index in [0.717, 1.165) is 0 Å². The number of rotatable bonds is 14. The van der Waals surface area contributed by atoms with Crippen molar-refractivity contribution in [2.45, 2.75) is 90.9 Å². The van der Waals surface area contributed by atoms with Crippen LogP contribution in [0.3, 0.4) is 0 Å². The summed E-state index contributed by atoms with van der Waals surface area (Å²) >= 11 is 0. The van der Waals surface area contributed by atoms with Crippen LogP contribution in [-0.2, 0) is 0 Å². The predicted molar refractivity (Wildman–Crippen MR) is 84.2 cm³/mol. The lowest BCUT2D eigenvalue weighted by atomic mass is 10.1. The van der Waals surface area contributed by atoms with E-state index in [1.807, 2.05) is 0 Å². The highest BCUT2D eigenvalue weighted by molar-refractivity contribution is 4.54. The molecule has 0 aromatic rings. The summed E-state index contributed by atoms with van der Waals surface area (Å²) in [6, 6.07) is 0. The van der Waals surface area contributed by atoms with Crippen molar-refractivity contribution in [1.82, 2.24) is 4.90 Å². The van der Waals surface area contributed by atoms with Crippen LogP contribution in [0.5, 0.6) is 0 Å². The molecule has 0 aliphatic heterocycles. The first-order chi connectivity index (χ1) is 8.81. The van der Waals surface area contributed by atoms with E-state index < -0.39 is 0 Å². The van der Waals surface area contributed by atoms with Crippen LogP contribution in [0.25, 0.3) is 0 Å². The molecule has 0 N–H and O–H groups in total. The third-order valence-electron chi connectivity index (χ3n) is 3.79. The summed E-state index contributed by atoms with van der Waals surface area (Å²) in [7, 11) is 2.29. The minimum Gasteiger partial charge on any atom is -0.306 e. The first-order valence-electron chi connectivity index (χ1n) is 8.49. The summed E-state index contributed by atoms with van der Waals surface area (Å²) in [6.07, 6.45) is 17.0. The maximum absolute atomic E-state index is 2.53. The second-order valence-corrected chi connectivity index (χ2v) is 5.84. The van der Waals surface area contributed by atoms with Gasteiger partial charge >= 0.3 is 0 Å². The predicted octanol–water partition coefficient (Wildman–Crippen LogP) is 5.64. The van der Waals surface area contributed by atoms with Crippen LogP contribution in [0.4, 0.5) is 0 Å². The molecule has 0 aromatic carbocycles. The van der Waals surface area contributed by atoms with Crippen LogP contribution < -0.4 is 0 Å². The van der Waals surface area contributed by atoms with E-state index in [1.54, 1.807) is 0 Å². The molecule has 0 heterocycles. The van der Waals surface area contributed by atoms with Crippen molar-refractivity contribution in [2.75, 3.05) is 20.1 Å². The van der Waals surface area contributed by atoms with E-state index >= 15 is 0 Å². The van der Waals surface area contributed by atoms with Gasteiger partial charge in [-0.1, -0.05) is 78.1 Å². The lowest BCUT2D eigenvalue weighted by Gasteiger charge is -2.16.